The summed E-state index contributed by atoms with van der Waals surface area (Å²) >= 11 is 5.89. The molecule has 2 heterocycles. The number of rotatable bonds is 2. The van der Waals surface area contributed by atoms with E-state index in [-0.39, 0.29) is 22.8 Å². The molecule has 0 aromatic carbocycles. The molecule has 2 rings (SSSR count). The van der Waals surface area contributed by atoms with Crippen LogP contribution in [0, 0.1) is 0 Å². The summed E-state index contributed by atoms with van der Waals surface area (Å²) in [5.74, 6) is 5.57. The zero-order chi connectivity index (χ0) is 14.9. The van der Waals surface area contributed by atoms with Gasteiger partial charge in [-0.15, -0.1) is 0 Å². The third kappa shape index (κ3) is 3.39. The number of nitrogens with one attached hydrogen (secondary N) is 1. The number of ether oxygens (including phenoxy) is 1. The van der Waals surface area contributed by atoms with Crippen molar-refractivity contribution in [3.05, 3.63) is 22.8 Å². The quantitative estimate of drug-likeness (QED) is 0.493. The SMILES string of the molecule is CC1CN(C(=O)c2cc(Cl)nc(NN)c2)CC(C)(C)O1. The zero-order valence-corrected chi connectivity index (χ0v) is 12.6. The van der Waals surface area contributed by atoms with Gasteiger partial charge in [-0.3, -0.25) is 4.79 Å². The minimum atomic E-state index is -0.362. The summed E-state index contributed by atoms with van der Waals surface area (Å²) < 4.78 is 5.79. The standard InChI is InChI=1S/C13H19ClN4O2/c1-8-6-18(7-13(2,3)20-8)12(19)9-4-10(14)16-11(5-9)17-15/h4-5,8H,6-7,15H2,1-3H3,(H,16,17). The molecule has 0 saturated carbocycles. The Bertz CT molecular complexity index is 521. The third-order valence-corrected chi connectivity index (χ3v) is 3.24. The van der Waals surface area contributed by atoms with Crippen LogP contribution in [0.2, 0.25) is 5.15 Å². The van der Waals surface area contributed by atoms with Crippen molar-refractivity contribution in [1.82, 2.24) is 9.88 Å². The number of morpholine rings is 1. The van der Waals surface area contributed by atoms with Crippen LogP contribution in [0.3, 0.4) is 0 Å². The van der Waals surface area contributed by atoms with Crippen LogP contribution in [0.1, 0.15) is 31.1 Å². The molecule has 1 unspecified atom stereocenters. The first kappa shape index (κ1) is 15.0. The van der Waals surface area contributed by atoms with E-state index in [1.807, 2.05) is 20.8 Å². The number of aromatic nitrogens is 1. The van der Waals surface area contributed by atoms with Crippen LogP contribution in [0.25, 0.3) is 0 Å². The van der Waals surface area contributed by atoms with Crippen LogP contribution in [-0.4, -0.2) is 40.6 Å². The van der Waals surface area contributed by atoms with Gasteiger partial charge in [0.1, 0.15) is 11.0 Å². The molecule has 1 atom stereocenters. The van der Waals surface area contributed by atoms with E-state index in [9.17, 15) is 4.79 Å². The maximum atomic E-state index is 12.6. The van der Waals surface area contributed by atoms with E-state index in [4.69, 9.17) is 22.2 Å². The summed E-state index contributed by atoms with van der Waals surface area (Å²) in [4.78, 5) is 18.3. The summed E-state index contributed by atoms with van der Waals surface area (Å²) in [6.07, 6.45) is -0.00730. The molecule has 0 aliphatic carbocycles. The Morgan fingerprint density at radius 1 is 1.60 bits per heavy atom. The van der Waals surface area contributed by atoms with Crippen LogP contribution in [0.15, 0.2) is 12.1 Å². The van der Waals surface area contributed by atoms with Crippen molar-refractivity contribution in [2.75, 3.05) is 18.5 Å². The molecule has 3 N–H and O–H groups in total. The summed E-state index contributed by atoms with van der Waals surface area (Å²) in [7, 11) is 0. The number of nitrogens with zero attached hydrogens (tertiary/aromatic N) is 2. The zero-order valence-electron chi connectivity index (χ0n) is 11.8. The minimum Gasteiger partial charge on any atom is -0.369 e. The molecule has 1 aliphatic rings. The van der Waals surface area contributed by atoms with Crippen molar-refractivity contribution in [2.45, 2.75) is 32.5 Å². The van der Waals surface area contributed by atoms with Crippen LogP contribution in [-0.2, 0) is 4.74 Å². The highest BCUT2D eigenvalue weighted by molar-refractivity contribution is 6.29. The molecule has 1 saturated heterocycles. The number of hydrazine groups is 1. The normalized spacial score (nSPS) is 21.6. The van der Waals surface area contributed by atoms with Crippen LogP contribution in [0.5, 0.6) is 0 Å². The maximum absolute atomic E-state index is 12.6. The second-order valence-electron chi connectivity index (χ2n) is 5.58. The maximum Gasteiger partial charge on any atom is 0.254 e. The number of pyridine rings is 1. The van der Waals surface area contributed by atoms with E-state index < -0.39 is 0 Å². The Hall–Kier alpha value is -1.37. The van der Waals surface area contributed by atoms with Gasteiger partial charge in [-0.1, -0.05) is 11.6 Å². The summed E-state index contributed by atoms with van der Waals surface area (Å²) in [5, 5.41) is 0.226. The third-order valence-electron chi connectivity index (χ3n) is 3.05. The Labute approximate surface area is 123 Å². The van der Waals surface area contributed by atoms with E-state index in [2.05, 4.69) is 10.4 Å². The van der Waals surface area contributed by atoms with Gasteiger partial charge in [0.25, 0.3) is 5.91 Å². The number of carbonyl (C=O) groups is 1. The first-order chi connectivity index (χ1) is 9.30. The van der Waals surface area contributed by atoms with Gasteiger partial charge in [0, 0.05) is 18.7 Å². The number of hydrogen-bond acceptors (Lipinski definition) is 5. The number of nitrogens with two attached hydrogens (primary N) is 1. The van der Waals surface area contributed by atoms with E-state index in [0.717, 1.165) is 0 Å². The van der Waals surface area contributed by atoms with Crippen molar-refractivity contribution in [1.29, 1.82) is 0 Å². The van der Waals surface area contributed by atoms with Gasteiger partial charge in [-0.2, -0.15) is 0 Å². The van der Waals surface area contributed by atoms with Crippen molar-refractivity contribution >= 4 is 23.3 Å². The fourth-order valence-corrected chi connectivity index (χ4v) is 2.69. The van der Waals surface area contributed by atoms with Crippen molar-refractivity contribution in [2.24, 2.45) is 5.84 Å². The molecule has 1 aliphatic heterocycles. The number of hydrogen-bond donors (Lipinski definition) is 2. The highest BCUT2D eigenvalue weighted by Gasteiger charge is 2.34. The highest BCUT2D eigenvalue weighted by atomic mass is 35.5. The lowest BCUT2D eigenvalue weighted by molar-refractivity contribution is -0.118. The van der Waals surface area contributed by atoms with E-state index in [1.165, 1.54) is 6.07 Å². The topological polar surface area (TPSA) is 80.5 Å². The average molecular weight is 299 g/mol. The number of nitrogen functional groups attached to an aromatic ring is 1. The number of amides is 1. The van der Waals surface area contributed by atoms with Gasteiger partial charge in [-0.05, 0) is 32.9 Å². The van der Waals surface area contributed by atoms with Gasteiger partial charge in [-0.25, -0.2) is 10.8 Å². The lowest BCUT2D eigenvalue weighted by atomic mass is 10.0. The minimum absolute atomic E-state index is 0.00730. The van der Waals surface area contributed by atoms with Crippen LogP contribution < -0.4 is 11.3 Å². The number of anilines is 1. The second kappa shape index (κ2) is 5.55. The Morgan fingerprint density at radius 2 is 2.30 bits per heavy atom. The van der Waals surface area contributed by atoms with Gasteiger partial charge >= 0.3 is 0 Å². The summed E-state index contributed by atoms with van der Waals surface area (Å²) in [6.45, 7) is 6.97. The Kier molecular flexibility index (Phi) is 4.17. The van der Waals surface area contributed by atoms with E-state index >= 15 is 0 Å². The molecule has 1 fully saturated rings. The van der Waals surface area contributed by atoms with Crippen molar-refractivity contribution in [3.8, 4) is 0 Å². The summed E-state index contributed by atoms with van der Waals surface area (Å²) in [5.41, 5.74) is 2.50. The fraction of sp³-hybridized carbons (Fsp3) is 0.538. The second-order valence-corrected chi connectivity index (χ2v) is 5.97. The van der Waals surface area contributed by atoms with Crippen LogP contribution in [0.4, 0.5) is 5.82 Å². The van der Waals surface area contributed by atoms with Gasteiger partial charge in [0.15, 0.2) is 0 Å². The molecule has 6 nitrogen and oxygen atoms in total. The Balaban J connectivity index is 2.24. The smallest absolute Gasteiger partial charge is 0.254 e. The summed E-state index contributed by atoms with van der Waals surface area (Å²) in [6, 6.07) is 3.12. The molecule has 1 aromatic rings. The Morgan fingerprint density at radius 3 is 2.90 bits per heavy atom. The molecule has 1 aromatic heterocycles. The highest BCUT2D eigenvalue weighted by Crippen LogP contribution is 2.23. The molecule has 20 heavy (non-hydrogen) atoms. The predicted octanol–water partition coefficient (Wildman–Crippen LogP) is 1.66. The molecule has 7 heteroatoms. The fourth-order valence-electron chi connectivity index (χ4n) is 2.49. The lowest BCUT2D eigenvalue weighted by Gasteiger charge is -2.41. The van der Waals surface area contributed by atoms with E-state index in [0.29, 0.717) is 24.5 Å². The first-order valence-electron chi connectivity index (χ1n) is 6.42. The monoisotopic (exact) mass is 298 g/mol. The molecule has 1 amide bonds. The largest absolute Gasteiger partial charge is 0.369 e. The molecular formula is C13H19ClN4O2. The average Bonchev–Trinajstić information content (AvgIpc) is 2.34. The molecule has 0 bridgehead atoms. The van der Waals surface area contributed by atoms with E-state index in [1.54, 1.807) is 11.0 Å². The van der Waals surface area contributed by atoms with Crippen molar-refractivity contribution in [3.63, 3.8) is 0 Å². The predicted molar refractivity (Wildman–Crippen MR) is 77.6 cm³/mol. The van der Waals surface area contributed by atoms with Crippen molar-refractivity contribution < 1.29 is 9.53 Å². The molecule has 0 radical (unpaired) electrons. The number of carbonyl (C=O) groups excluding carboxylic acids is 1. The molecule has 0 spiro atoms. The number of halogens is 1. The van der Waals surface area contributed by atoms with Crippen LogP contribution >= 0.6 is 11.6 Å². The molecule has 110 valence electrons. The molecular weight excluding hydrogens is 280 g/mol. The van der Waals surface area contributed by atoms with Gasteiger partial charge in [0.2, 0.25) is 0 Å². The lowest BCUT2D eigenvalue weighted by Crippen LogP contribution is -2.53. The van der Waals surface area contributed by atoms with Gasteiger partial charge < -0.3 is 15.1 Å². The first-order valence-corrected chi connectivity index (χ1v) is 6.80. The van der Waals surface area contributed by atoms with Gasteiger partial charge in [0.05, 0.1) is 11.7 Å².